The number of benzene rings is 2. The molecule has 0 saturated carbocycles. The van der Waals surface area contributed by atoms with Crippen LogP contribution in [0, 0.1) is 5.95 Å². The fourth-order valence-electron chi connectivity index (χ4n) is 2.07. The zero-order valence-corrected chi connectivity index (χ0v) is 11.0. The van der Waals surface area contributed by atoms with Gasteiger partial charge in [-0.25, -0.2) is 4.98 Å². The molecule has 2 aromatic carbocycles. The Kier molecular flexibility index (Phi) is 3.47. The molecule has 0 aliphatic rings. The van der Waals surface area contributed by atoms with Crippen LogP contribution in [0.5, 0.6) is 0 Å². The second kappa shape index (κ2) is 5.58. The van der Waals surface area contributed by atoms with Gasteiger partial charge in [0, 0.05) is 5.56 Å². The Morgan fingerprint density at radius 1 is 1.00 bits per heavy atom. The van der Waals surface area contributed by atoms with Crippen molar-refractivity contribution in [2.45, 2.75) is 0 Å². The van der Waals surface area contributed by atoms with Crippen molar-refractivity contribution in [2.24, 2.45) is 0 Å². The Bertz CT molecular complexity index is 782. The summed E-state index contributed by atoms with van der Waals surface area (Å²) < 4.78 is 12.7. The van der Waals surface area contributed by atoms with E-state index in [4.69, 9.17) is 0 Å². The standard InChI is InChI=1S/C16H12FN3O/c17-15-9-8-12(10-18-15)19-20-16(21)14-7-3-5-11-4-1-2-6-13(11)14/h1-10,19H,(H,20,21). The number of nitrogens with zero attached hydrogens (tertiary/aromatic N) is 1. The number of aromatic nitrogens is 1. The Balaban J connectivity index is 1.79. The van der Waals surface area contributed by atoms with Gasteiger partial charge < -0.3 is 0 Å². The molecule has 0 aliphatic heterocycles. The van der Waals surface area contributed by atoms with Gasteiger partial charge in [-0.1, -0.05) is 36.4 Å². The molecular weight excluding hydrogens is 269 g/mol. The third-order valence-electron chi connectivity index (χ3n) is 3.08. The molecule has 1 heterocycles. The Morgan fingerprint density at radius 3 is 2.62 bits per heavy atom. The highest BCUT2D eigenvalue weighted by atomic mass is 19.1. The minimum atomic E-state index is -0.569. The first kappa shape index (κ1) is 13.1. The number of fused-ring (bicyclic) bond motifs is 1. The number of hydrogen-bond acceptors (Lipinski definition) is 3. The molecule has 0 unspecified atom stereocenters. The maximum atomic E-state index is 12.7. The largest absolute Gasteiger partial charge is 0.297 e. The highest BCUT2D eigenvalue weighted by Crippen LogP contribution is 2.18. The van der Waals surface area contributed by atoms with Gasteiger partial charge in [-0.05, 0) is 29.0 Å². The first-order valence-corrected chi connectivity index (χ1v) is 6.40. The molecule has 0 saturated heterocycles. The normalized spacial score (nSPS) is 10.3. The maximum Gasteiger partial charge on any atom is 0.270 e. The van der Waals surface area contributed by atoms with Gasteiger partial charge in [0.15, 0.2) is 0 Å². The fraction of sp³-hybridized carbons (Fsp3) is 0. The van der Waals surface area contributed by atoms with Crippen molar-refractivity contribution in [1.29, 1.82) is 0 Å². The molecule has 21 heavy (non-hydrogen) atoms. The van der Waals surface area contributed by atoms with E-state index in [1.54, 1.807) is 6.07 Å². The van der Waals surface area contributed by atoms with Crippen molar-refractivity contribution in [2.75, 3.05) is 5.43 Å². The summed E-state index contributed by atoms with van der Waals surface area (Å²) in [4.78, 5) is 15.7. The third kappa shape index (κ3) is 2.81. The van der Waals surface area contributed by atoms with Crippen LogP contribution in [0.15, 0.2) is 60.8 Å². The summed E-state index contributed by atoms with van der Waals surface area (Å²) in [5.74, 6) is -0.836. The maximum absolute atomic E-state index is 12.7. The van der Waals surface area contributed by atoms with Gasteiger partial charge in [-0.15, -0.1) is 0 Å². The Morgan fingerprint density at radius 2 is 1.81 bits per heavy atom. The molecule has 3 rings (SSSR count). The van der Waals surface area contributed by atoms with E-state index < -0.39 is 5.95 Å². The number of hydrogen-bond donors (Lipinski definition) is 2. The van der Waals surface area contributed by atoms with E-state index >= 15 is 0 Å². The highest BCUT2D eigenvalue weighted by molar-refractivity contribution is 6.07. The molecule has 0 bridgehead atoms. The van der Waals surface area contributed by atoms with Gasteiger partial charge in [0.2, 0.25) is 5.95 Å². The summed E-state index contributed by atoms with van der Waals surface area (Å²) >= 11 is 0. The molecule has 0 aliphatic carbocycles. The summed E-state index contributed by atoms with van der Waals surface area (Å²) in [7, 11) is 0. The quantitative estimate of drug-likeness (QED) is 0.573. The van der Waals surface area contributed by atoms with E-state index in [2.05, 4.69) is 15.8 Å². The lowest BCUT2D eigenvalue weighted by atomic mass is 10.0. The number of halogens is 1. The molecule has 104 valence electrons. The monoisotopic (exact) mass is 281 g/mol. The van der Waals surface area contributed by atoms with Crippen molar-refractivity contribution >= 4 is 22.4 Å². The average Bonchev–Trinajstić information content (AvgIpc) is 2.53. The lowest BCUT2D eigenvalue weighted by molar-refractivity contribution is 0.0964. The SMILES string of the molecule is O=C(NNc1ccc(F)nc1)c1cccc2ccccc12. The molecule has 3 aromatic rings. The van der Waals surface area contributed by atoms with Crippen LogP contribution in [0.3, 0.4) is 0 Å². The molecule has 5 heteroatoms. The highest BCUT2D eigenvalue weighted by Gasteiger charge is 2.09. The van der Waals surface area contributed by atoms with Crippen LogP contribution >= 0.6 is 0 Å². The second-order valence-corrected chi connectivity index (χ2v) is 4.48. The predicted octanol–water partition coefficient (Wildman–Crippen LogP) is 3.13. The molecule has 1 amide bonds. The van der Waals surface area contributed by atoms with E-state index in [0.717, 1.165) is 10.8 Å². The summed E-state index contributed by atoms with van der Waals surface area (Å²) in [6.45, 7) is 0. The van der Waals surface area contributed by atoms with E-state index in [-0.39, 0.29) is 5.91 Å². The van der Waals surface area contributed by atoms with Crippen molar-refractivity contribution in [3.05, 3.63) is 72.3 Å². The van der Waals surface area contributed by atoms with E-state index in [1.807, 2.05) is 36.4 Å². The summed E-state index contributed by atoms with van der Waals surface area (Å²) in [6, 6.07) is 15.9. The molecule has 2 N–H and O–H groups in total. The van der Waals surface area contributed by atoms with E-state index in [0.29, 0.717) is 11.3 Å². The van der Waals surface area contributed by atoms with Gasteiger partial charge in [-0.2, -0.15) is 4.39 Å². The minimum absolute atomic E-state index is 0.267. The van der Waals surface area contributed by atoms with Crippen molar-refractivity contribution in [3.8, 4) is 0 Å². The number of hydrazine groups is 1. The molecule has 0 atom stereocenters. The fourth-order valence-corrected chi connectivity index (χ4v) is 2.07. The van der Waals surface area contributed by atoms with Gasteiger partial charge >= 0.3 is 0 Å². The first-order valence-electron chi connectivity index (χ1n) is 6.40. The van der Waals surface area contributed by atoms with Crippen LogP contribution in [0.2, 0.25) is 0 Å². The lowest BCUT2D eigenvalue weighted by Gasteiger charge is -2.10. The topological polar surface area (TPSA) is 54.0 Å². The summed E-state index contributed by atoms with van der Waals surface area (Å²) in [5.41, 5.74) is 6.35. The van der Waals surface area contributed by atoms with Crippen molar-refractivity contribution in [1.82, 2.24) is 10.4 Å². The van der Waals surface area contributed by atoms with Crippen LogP contribution < -0.4 is 10.9 Å². The molecule has 1 aromatic heterocycles. The molecular formula is C16H12FN3O. The van der Waals surface area contributed by atoms with Crippen LogP contribution in [-0.4, -0.2) is 10.9 Å². The number of carbonyl (C=O) groups is 1. The van der Waals surface area contributed by atoms with Gasteiger partial charge in [0.05, 0.1) is 11.9 Å². The molecule has 4 nitrogen and oxygen atoms in total. The zero-order valence-electron chi connectivity index (χ0n) is 11.0. The summed E-state index contributed by atoms with van der Waals surface area (Å²) in [6.07, 6.45) is 1.30. The Hall–Kier alpha value is -2.95. The molecule has 0 radical (unpaired) electrons. The smallest absolute Gasteiger partial charge is 0.270 e. The van der Waals surface area contributed by atoms with Crippen molar-refractivity contribution < 1.29 is 9.18 Å². The van der Waals surface area contributed by atoms with Crippen LogP contribution in [0.1, 0.15) is 10.4 Å². The second-order valence-electron chi connectivity index (χ2n) is 4.48. The Labute approximate surface area is 120 Å². The van der Waals surface area contributed by atoms with Gasteiger partial charge in [-0.3, -0.25) is 15.6 Å². The minimum Gasteiger partial charge on any atom is -0.297 e. The van der Waals surface area contributed by atoms with Crippen LogP contribution in [0.4, 0.5) is 10.1 Å². The zero-order chi connectivity index (χ0) is 14.7. The number of pyridine rings is 1. The predicted molar refractivity (Wildman–Crippen MR) is 79.2 cm³/mol. The van der Waals surface area contributed by atoms with Crippen LogP contribution in [0.25, 0.3) is 10.8 Å². The number of anilines is 1. The number of rotatable bonds is 3. The first-order chi connectivity index (χ1) is 10.2. The third-order valence-corrected chi connectivity index (χ3v) is 3.08. The van der Waals surface area contributed by atoms with Crippen LogP contribution in [-0.2, 0) is 0 Å². The molecule has 0 fully saturated rings. The average molecular weight is 281 g/mol. The number of nitrogens with one attached hydrogen (secondary N) is 2. The lowest BCUT2D eigenvalue weighted by Crippen LogP contribution is -2.29. The van der Waals surface area contributed by atoms with E-state index in [9.17, 15) is 9.18 Å². The van der Waals surface area contributed by atoms with Gasteiger partial charge in [0.25, 0.3) is 5.91 Å². The van der Waals surface area contributed by atoms with Gasteiger partial charge in [0.1, 0.15) is 0 Å². The number of amides is 1. The van der Waals surface area contributed by atoms with E-state index in [1.165, 1.54) is 18.3 Å². The van der Waals surface area contributed by atoms with Crippen molar-refractivity contribution in [3.63, 3.8) is 0 Å². The molecule has 0 spiro atoms. The summed E-state index contributed by atoms with van der Waals surface area (Å²) in [5, 5.41) is 1.87. The number of carbonyl (C=O) groups excluding carboxylic acids is 1.